The zero-order valence-corrected chi connectivity index (χ0v) is 12.5. The molecule has 1 aliphatic rings. The van der Waals surface area contributed by atoms with Crippen molar-refractivity contribution >= 4 is 5.69 Å². The fourth-order valence-corrected chi connectivity index (χ4v) is 3.50. The highest BCUT2D eigenvalue weighted by atomic mass is 14.9. The van der Waals surface area contributed by atoms with Crippen molar-refractivity contribution in [2.75, 3.05) is 5.32 Å². The van der Waals surface area contributed by atoms with Crippen LogP contribution in [0, 0.1) is 18.3 Å². The smallest absolute Gasteiger partial charge is 0.0404 e. The molecule has 1 heteroatoms. The normalized spacial score (nSPS) is 26.3. The van der Waals surface area contributed by atoms with Gasteiger partial charge in [-0.2, -0.15) is 0 Å². The molecule has 0 radical (unpaired) electrons. The Labute approximate surface area is 112 Å². The van der Waals surface area contributed by atoms with E-state index in [0.29, 0.717) is 11.5 Å². The van der Waals surface area contributed by atoms with Crippen molar-refractivity contribution in [1.82, 2.24) is 0 Å². The molecular formula is C17H27N. The van der Waals surface area contributed by atoms with Crippen LogP contribution in [0.1, 0.15) is 51.7 Å². The van der Waals surface area contributed by atoms with E-state index < -0.39 is 0 Å². The number of aryl methyl sites for hydroxylation is 2. The van der Waals surface area contributed by atoms with Gasteiger partial charge in [-0.1, -0.05) is 45.9 Å². The fraction of sp³-hybridized carbons (Fsp3) is 0.647. The minimum Gasteiger partial charge on any atom is -0.382 e. The van der Waals surface area contributed by atoms with Gasteiger partial charge in [0, 0.05) is 11.7 Å². The van der Waals surface area contributed by atoms with Gasteiger partial charge in [-0.3, -0.25) is 0 Å². The fourth-order valence-electron chi connectivity index (χ4n) is 3.50. The third kappa shape index (κ3) is 2.71. The Morgan fingerprint density at radius 2 is 2.00 bits per heavy atom. The van der Waals surface area contributed by atoms with Crippen LogP contribution < -0.4 is 5.32 Å². The quantitative estimate of drug-likeness (QED) is 0.807. The maximum absolute atomic E-state index is 3.83. The second kappa shape index (κ2) is 4.95. The van der Waals surface area contributed by atoms with Gasteiger partial charge in [0.1, 0.15) is 0 Å². The van der Waals surface area contributed by atoms with E-state index in [1.807, 2.05) is 0 Å². The molecule has 0 spiro atoms. The van der Waals surface area contributed by atoms with Gasteiger partial charge in [0.25, 0.3) is 0 Å². The second-order valence-corrected chi connectivity index (χ2v) is 6.76. The third-order valence-electron chi connectivity index (χ3n) is 4.40. The van der Waals surface area contributed by atoms with E-state index in [2.05, 4.69) is 58.1 Å². The summed E-state index contributed by atoms with van der Waals surface area (Å²) in [5, 5.41) is 3.83. The van der Waals surface area contributed by atoms with Crippen LogP contribution in [-0.4, -0.2) is 6.04 Å². The molecule has 0 heterocycles. The average molecular weight is 245 g/mol. The van der Waals surface area contributed by atoms with Gasteiger partial charge in [0.05, 0.1) is 0 Å². The van der Waals surface area contributed by atoms with E-state index in [4.69, 9.17) is 0 Å². The zero-order valence-electron chi connectivity index (χ0n) is 12.5. The monoisotopic (exact) mass is 245 g/mol. The van der Waals surface area contributed by atoms with Gasteiger partial charge < -0.3 is 5.32 Å². The standard InChI is InChI=1S/C17H27N/c1-6-14-9-7-8-12(2)16(14)18-15-11-17(4,5)10-13(15)3/h7-9,13,15,18H,6,10-11H2,1-5H3. The van der Waals surface area contributed by atoms with Gasteiger partial charge in [-0.15, -0.1) is 0 Å². The zero-order chi connectivity index (χ0) is 13.3. The Hall–Kier alpha value is -0.980. The van der Waals surface area contributed by atoms with E-state index >= 15 is 0 Å². The summed E-state index contributed by atoms with van der Waals surface area (Å²) < 4.78 is 0. The number of hydrogen-bond acceptors (Lipinski definition) is 1. The Kier molecular flexibility index (Phi) is 3.70. The number of para-hydroxylation sites is 1. The van der Waals surface area contributed by atoms with E-state index in [9.17, 15) is 0 Å². The van der Waals surface area contributed by atoms with Crippen LogP contribution in [0.3, 0.4) is 0 Å². The lowest BCUT2D eigenvalue weighted by atomic mass is 9.91. The Balaban J connectivity index is 2.20. The highest BCUT2D eigenvalue weighted by Crippen LogP contribution is 2.42. The molecule has 0 aliphatic heterocycles. The van der Waals surface area contributed by atoms with Gasteiger partial charge in [0.15, 0.2) is 0 Å². The van der Waals surface area contributed by atoms with Gasteiger partial charge in [-0.25, -0.2) is 0 Å². The first-order valence-electron chi connectivity index (χ1n) is 7.28. The summed E-state index contributed by atoms with van der Waals surface area (Å²) in [6.07, 6.45) is 3.72. The molecule has 2 unspecified atom stereocenters. The molecule has 1 aromatic carbocycles. The van der Waals surface area contributed by atoms with Crippen molar-refractivity contribution in [2.24, 2.45) is 11.3 Å². The number of nitrogens with one attached hydrogen (secondary N) is 1. The number of hydrogen-bond donors (Lipinski definition) is 1. The van der Waals surface area contributed by atoms with Crippen LogP contribution in [-0.2, 0) is 6.42 Å². The molecule has 1 N–H and O–H groups in total. The summed E-state index contributed by atoms with van der Waals surface area (Å²) >= 11 is 0. The molecule has 1 aromatic rings. The SMILES string of the molecule is CCc1cccc(C)c1NC1CC(C)(C)CC1C. The molecule has 0 amide bonds. The van der Waals surface area contributed by atoms with Crippen LogP contribution in [0.5, 0.6) is 0 Å². The molecule has 0 aromatic heterocycles. The van der Waals surface area contributed by atoms with E-state index in [1.54, 1.807) is 0 Å². The molecule has 0 saturated heterocycles. The highest BCUT2D eigenvalue weighted by molar-refractivity contribution is 5.58. The first kappa shape index (κ1) is 13.5. The molecule has 1 nitrogen and oxygen atoms in total. The summed E-state index contributed by atoms with van der Waals surface area (Å²) in [6.45, 7) is 11.6. The van der Waals surface area contributed by atoms with Crippen LogP contribution in [0.15, 0.2) is 18.2 Å². The van der Waals surface area contributed by atoms with Crippen molar-refractivity contribution in [3.63, 3.8) is 0 Å². The summed E-state index contributed by atoms with van der Waals surface area (Å²) in [6, 6.07) is 7.26. The summed E-state index contributed by atoms with van der Waals surface area (Å²) in [7, 11) is 0. The molecule has 2 rings (SSSR count). The molecule has 0 bridgehead atoms. The van der Waals surface area contributed by atoms with Crippen LogP contribution in [0.2, 0.25) is 0 Å². The largest absolute Gasteiger partial charge is 0.382 e. The van der Waals surface area contributed by atoms with Gasteiger partial charge in [-0.05, 0) is 48.6 Å². The molecule has 100 valence electrons. The molecule has 1 fully saturated rings. The molecular weight excluding hydrogens is 218 g/mol. The van der Waals surface area contributed by atoms with E-state index in [0.717, 1.165) is 12.3 Å². The third-order valence-corrected chi connectivity index (χ3v) is 4.40. The Morgan fingerprint density at radius 3 is 2.56 bits per heavy atom. The topological polar surface area (TPSA) is 12.0 Å². The molecule has 1 saturated carbocycles. The lowest BCUT2D eigenvalue weighted by Crippen LogP contribution is -2.23. The van der Waals surface area contributed by atoms with Crippen LogP contribution >= 0.6 is 0 Å². The predicted octanol–water partition coefficient (Wildman–Crippen LogP) is 4.79. The highest BCUT2D eigenvalue weighted by Gasteiger charge is 2.36. The Bertz CT molecular complexity index is 420. The van der Waals surface area contributed by atoms with Crippen LogP contribution in [0.4, 0.5) is 5.69 Å². The maximum atomic E-state index is 3.83. The lowest BCUT2D eigenvalue weighted by Gasteiger charge is -2.23. The molecule has 1 aliphatic carbocycles. The number of rotatable bonds is 3. The number of benzene rings is 1. The Morgan fingerprint density at radius 1 is 1.28 bits per heavy atom. The molecule has 2 atom stereocenters. The first-order chi connectivity index (χ1) is 8.43. The van der Waals surface area contributed by atoms with E-state index in [-0.39, 0.29) is 0 Å². The van der Waals surface area contributed by atoms with Crippen molar-refractivity contribution in [3.8, 4) is 0 Å². The minimum atomic E-state index is 0.492. The van der Waals surface area contributed by atoms with Crippen molar-refractivity contribution in [2.45, 2.75) is 59.9 Å². The summed E-state index contributed by atoms with van der Waals surface area (Å²) in [4.78, 5) is 0. The van der Waals surface area contributed by atoms with Gasteiger partial charge in [0.2, 0.25) is 0 Å². The maximum Gasteiger partial charge on any atom is 0.0404 e. The van der Waals surface area contributed by atoms with E-state index in [1.165, 1.54) is 29.7 Å². The van der Waals surface area contributed by atoms with Gasteiger partial charge >= 0.3 is 0 Å². The summed E-state index contributed by atoms with van der Waals surface area (Å²) in [5.41, 5.74) is 4.71. The van der Waals surface area contributed by atoms with Crippen LogP contribution in [0.25, 0.3) is 0 Å². The first-order valence-corrected chi connectivity index (χ1v) is 7.28. The summed E-state index contributed by atoms with van der Waals surface area (Å²) in [5.74, 6) is 0.768. The van der Waals surface area contributed by atoms with Crippen molar-refractivity contribution in [3.05, 3.63) is 29.3 Å². The second-order valence-electron chi connectivity index (χ2n) is 6.76. The predicted molar refractivity (Wildman–Crippen MR) is 80.1 cm³/mol. The van der Waals surface area contributed by atoms with Crippen molar-refractivity contribution in [1.29, 1.82) is 0 Å². The minimum absolute atomic E-state index is 0.492. The van der Waals surface area contributed by atoms with Crippen molar-refractivity contribution < 1.29 is 0 Å². The number of anilines is 1. The lowest BCUT2D eigenvalue weighted by molar-refractivity contribution is 0.366. The average Bonchev–Trinajstić information content (AvgIpc) is 2.54. The molecule has 18 heavy (non-hydrogen) atoms.